The minimum Gasteiger partial charge on any atom is -0.453 e. The topological polar surface area (TPSA) is 66.8 Å². The van der Waals surface area contributed by atoms with Gasteiger partial charge in [-0.2, -0.15) is 8.42 Å². The Hall–Kier alpha value is -2.05. The fourth-order valence-electron chi connectivity index (χ4n) is 3.63. The SMILES string of the molecule is CCc1cc(CC)c2c(c1)N(CCCS(=O)(=O)O)c1c(CC)cccc1O2. The van der Waals surface area contributed by atoms with E-state index < -0.39 is 10.1 Å². The highest BCUT2D eigenvalue weighted by molar-refractivity contribution is 7.85. The minimum atomic E-state index is -3.98. The van der Waals surface area contributed by atoms with Crippen molar-refractivity contribution in [3.05, 3.63) is 47.0 Å². The number of hydrogen-bond donors (Lipinski definition) is 1. The van der Waals surface area contributed by atoms with Crippen LogP contribution in [0.1, 0.15) is 43.9 Å². The predicted octanol–water partition coefficient (Wildman–Crippen LogP) is 4.90. The monoisotopic (exact) mass is 389 g/mol. The van der Waals surface area contributed by atoms with Gasteiger partial charge in [-0.3, -0.25) is 4.55 Å². The van der Waals surface area contributed by atoms with E-state index in [1.807, 2.05) is 12.1 Å². The van der Waals surface area contributed by atoms with Crippen molar-refractivity contribution >= 4 is 21.5 Å². The molecule has 3 rings (SSSR count). The molecule has 1 heterocycles. The van der Waals surface area contributed by atoms with Crippen LogP contribution in [-0.2, 0) is 29.4 Å². The van der Waals surface area contributed by atoms with Gasteiger partial charge in [0.2, 0.25) is 0 Å². The first-order chi connectivity index (χ1) is 12.9. The number of fused-ring (bicyclic) bond motifs is 2. The number of rotatable bonds is 7. The van der Waals surface area contributed by atoms with Gasteiger partial charge in [-0.25, -0.2) is 0 Å². The second kappa shape index (κ2) is 7.90. The molecule has 0 unspecified atom stereocenters. The van der Waals surface area contributed by atoms with E-state index in [1.165, 1.54) is 5.56 Å². The number of benzene rings is 2. The van der Waals surface area contributed by atoms with Crippen LogP contribution in [0, 0.1) is 0 Å². The van der Waals surface area contributed by atoms with Crippen LogP contribution < -0.4 is 9.64 Å². The number of anilines is 2. The van der Waals surface area contributed by atoms with Gasteiger partial charge < -0.3 is 9.64 Å². The number of para-hydroxylation sites is 1. The van der Waals surface area contributed by atoms with Gasteiger partial charge in [0.25, 0.3) is 10.1 Å². The molecule has 0 saturated heterocycles. The Morgan fingerprint density at radius 1 is 1.04 bits per heavy atom. The van der Waals surface area contributed by atoms with Crippen LogP contribution in [0.4, 0.5) is 11.4 Å². The second-order valence-corrected chi connectivity index (χ2v) is 8.39. The Morgan fingerprint density at radius 3 is 2.41 bits per heavy atom. The van der Waals surface area contributed by atoms with Crippen LogP contribution in [0.15, 0.2) is 30.3 Å². The number of aryl methyl sites for hydroxylation is 3. The quantitative estimate of drug-likeness (QED) is 0.683. The van der Waals surface area contributed by atoms with Crippen molar-refractivity contribution in [2.75, 3.05) is 17.2 Å². The van der Waals surface area contributed by atoms with Gasteiger partial charge in [0.15, 0.2) is 11.5 Å². The number of nitrogens with zero attached hydrogens (tertiary/aromatic N) is 1. The van der Waals surface area contributed by atoms with Crippen LogP contribution in [-0.4, -0.2) is 25.3 Å². The lowest BCUT2D eigenvalue weighted by molar-refractivity contribution is 0.465. The minimum absolute atomic E-state index is 0.253. The molecular formula is C21H27NO4S. The van der Waals surface area contributed by atoms with Crippen molar-refractivity contribution in [3.8, 4) is 11.5 Å². The summed E-state index contributed by atoms with van der Waals surface area (Å²) in [5, 5.41) is 0. The molecule has 27 heavy (non-hydrogen) atoms. The lowest BCUT2D eigenvalue weighted by atomic mass is 9.99. The van der Waals surface area contributed by atoms with Crippen molar-refractivity contribution in [2.24, 2.45) is 0 Å². The largest absolute Gasteiger partial charge is 0.453 e. The highest BCUT2D eigenvalue weighted by atomic mass is 32.2. The molecule has 0 aliphatic carbocycles. The zero-order valence-electron chi connectivity index (χ0n) is 16.2. The molecule has 0 saturated carbocycles. The molecule has 6 heteroatoms. The van der Waals surface area contributed by atoms with Crippen LogP contribution in [0.2, 0.25) is 0 Å². The summed E-state index contributed by atoms with van der Waals surface area (Å²) in [6.07, 6.45) is 2.97. The molecule has 1 aliphatic heterocycles. The van der Waals surface area contributed by atoms with Crippen molar-refractivity contribution < 1.29 is 17.7 Å². The van der Waals surface area contributed by atoms with Crippen LogP contribution in [0.3, 0.4) is 0 Å². The van der Waals surface area contributed by atoms with Gasteiger partial charge in [-0.1, -0.05) is 39.0 Å². The predicted molar refractivity (Wildman–Crippen MR) is 109 cm³/mol. The number of ether oxygens (including phenoxy) is 1. The molecular weight excluding hydrogens is 362 g/mol. The van der Waals surface area contributed by atoms with E-state index in [9.17, 15) is 8.42 Å². The average molecular weight is 390 g/mol. The van der Waals surface area contributed by atoms with E-state index >= 15 is 0 Å². The summed E-state index contributed by atoms with van der Waals surface area (Å²) in [4.78, 5) is 2.16. The maximum Gasteiger partial charge on any atom is 0.264 e. The van der Waals surface area contributed by atoms with E-state index in [1.54, 1.807) is 0 Å². The number of hydrogen-bond acceptors (Lipinski definition) is 4. The van der Waals surface area contributed by atoms with Crippen LogP contribution in [0.5, 0.6) is 11.5 Å². The molecule has 1 N–H and O–H groups in total. The van der Waals surface area contributed by atoms with E-state index in [-0.39, 0.29) is 5.75 Å². The lowest BCUT2D eigenvalue weighted by Gasteiger charge is -2.35. The molecule has 2 aromatic carbocycles. The highest BCUT2D eigenvalue weighted by Crippen LogP contribution is 2.50. The Kier molecular flexibility index (Phi) is 5.77. The first kappa shape index (κ1) is 19.7. The van der Waals surface area contributed by atoms with Crippen molar-refractivity contribution in [1.82, 2.24) is 0 Å². The Bertz CT molecular complexity index is 937. The molecule has 5 nitrogen and oxygen atoms in total. The van der Waals surface area contributed by atoms with Gasteiger partial charge in [-0.05, 0) is 54.5 Å². The molecule has 1 aliphatic rings. The zero-order valence-corrected chi connectivity index (χ0v) is 17.0. The van der Waals surface area contributed by atoms with Crippen molar-refractivity contribution in [3.63, 3.8) is 0 Å². The Morgan fingerprint density at radius 2 is 1.78 bits per heavy atom. The molecule has 2 aromatic rings. The maximum atomic E-state index is 11.2. The molecule has 0 bridgehead atoms. The van der Waals surface area contributed by atoms with E-state index in [2.05, 4.69) is 43.9 Å². The van der Waals surface area contributed by atoms with Crippen molar-refractivity contribution in [2.45, 2.75) is 46.5 Å². The summed E-state index contributed by atoms with van der Waals surface area (Å²) in [6.45, 7) is 6.83. The van der Waals surface area contributed by atoms with Gasteiger partial charge in [0, 0.05) is 6.54 Å². The molecule has 0 atom stereocenters. The smallest absolute Gasteiger partial charge is 0.264 e. The normalized spacial score (nSPS) is 13.1. The summed E-state index contributed by atoms with van der Waals surface area (Å²) in [5.74, 6) is 1.40. The third-order valence-corrected chi connectivity index (χ3v) is 5.82. The zero-order chi connectivity index (χ0) is 19.6. The molecule has 0 amide bonds. The molecule has 0 spiro atoms. The lowest BCUT2D eigenvalue weighted by Crippen LogP contribution is -2.26. The van der Waals surface area contributed by atoms with Crippen molar-refractivity contribution in [1.29, 1.82) is 0 Å². The first-order valence-electron chi connectivity index (χ1n) is 9.56. The standard InChI is InChI=1S/C21H27NO4S/c1-4-15-13-17(6-3)21-18(14-15)22(11-8-12-27(23,24)25)20-16(5-2)9-7-10-19(20)26-21/h7,9-10,13-14H,4-6,8,11-12H2,1-3H3,(H,23,24,25). The van der Waals surface area contributed by atoms with Crippen LogP contribution in [0.25, 0.3) is 0 Å². The van der Waals surface area contributed by atoms with E-state index in [0.29, 0.717) is 13.0 Å². The summed E-state index contributed by atoms with van der Waals surface area (Å²) in [6, 6.07) is 10.3. The summed E-state index contributed by atoms with van der Waals surface area (Å²) in [7, 11) is -3.98. The Balaban J connectivity index is 2.12. The molecule has 0 radical (unpaired) electrons. The second-order valence-electron chi connectivity index (χ2n) is 6.82. The van der Waals surface area contributed by atoms with Gasteiger partial charge in [-0.15, -0.1) is 0 Å². The highest BCUT2D eigenvalue weighted by Gasteiger charge is 2.28. The fraction of sp³-hybridized carbons (Fsp3) is 0.429. The van der Waals surface area contributed by atoms with Crippen LogP contribution >= 0.6 is 0 Å². The summed E-state index contributed by atoms with van der Waals surface area (Å²) in [5.41, 5.74) is 5.51. The average Bonchev–Trinajstić information content (AvgIpc) is 2.65. The van der Waals surface area contributed by atoms with Gasteiger partial charge >= 0.3 is 0 Å². The third-order valence-electron chi connectivity index (χ3n) is 5.02. The van der Waals surface area contributed by atoms with E-state index in [0.717, 1.165) is 53.3 Å². The molecule has 0 aromatic heterocycles. The molecule has 0 fully saturated rings. The summed E-state index contributed by atoms with van der Waals surface area (Å²) < 4.78 is 37.8. The van der Waals surface area contributed by atoms with Gasteiger partial charge in [0.1, 0.15) is 0 Å². The Labute approximate surface area is 161 Å². The van der Waals surface area contributed by atoms with Gasteiger partial charge in [0.05, 0.1) is 17.1 Å². The molecule has 146 valence electrons. The summed E-state index contributed by atoms with van der Waals surface area (Å²) >= 11 is 0. The van der Waals surface area contributed by atoms with E-state index in [4.69, 9.17) is 9.29 Å². The third kappa shape index (κ3) is 4.12. The fourth-order valence-corrected chi connectivity index (χ4v) is 4.13. The maximum absolute atomic E-state index is 11.2. The first-order valence-corrected chi connectivity index (χ1v) is 11.2.